The number of nitrogens with zero attached hydrogens (tertiary/aromatic N) is 1. The molecular formula is C15H19NO5. The molecule has 0 radical (unpaired) electrons. The first-order chi connectivity index (χ1) is 10.1. The Hall–Kier alpha value is -2.08. The monoisotopic (exact) mass is 293 g/mol. The van der Waals surface area contributed by atoms with Gasteiger partial charge in [-0.05, 0) is 18.6 Å². The molecule has 1 heterocycles. The molecule has 0 aromatic heterocycles. The molecule has 1 N–H and O–H groups in total. The number of carboxylic acids is 1. The summed E-state index contributed by atoms with van der Waals surface area (Å²) in [6.07, 6.45) is 1.19. The molecule has 0 aliphatic carbocycles. The van der Waals surface area contributed by atoms with Crippen molar-refractivity contribution >= 4 is 17.6 Å². The van der Waals surface area contributed by atoms with E-state index in [0.29, 0.717) is 32.1 Å². The molecular weight excluding hydrogens is 274 g/mol. The van der Waals surface area contributed by atoms with Crippen molar-refractivity contribution in [2.45, 2.75) is 19.8 Å². The van der Waals surface area contributed by atoms with Gasteiger partial charge in [0.25, 0.3) is 0 Å². The van der Waals surface area contributed by atoms with Gasteiger partial charge >= 0.3 is 5.97 Å². The maximum atomic E-state index is 12.2. The third-order valence-corrected chi connectivity index (χ3v) is 3.19. The summed E-state index contributed by atoms with van der Waals surface area (Å²) in [6.45, 7) is 3.73. The van der Waals surface area contributed by atoms with E-state index in [0.717, 1.165) is 6.42 Å². The van der Waals surface area contributed by atoms with Crippen molar-refractivity contribution in [3.63, 3.8) is 0 Å². The summed E-state index contributed by atoms with van der Waals surface area (Å²) in [5, 5.41) is 9.16. The van der Waals surface area contributed by atoms with Crippen LogP contribution in [0.2, 0.25) is 0 Å². The maximum absolute atomic E-state index is 12.2. The third-order valence-electron chi connectivity index (χ3n) is 3.19. The van der Waals surface area contributed by atoms with E-state index in [9.17, 15) is 9.59 Å². The summed E-state index contributed by atoms with van der Waals surface area (Å²) in [5.74, 6) is -0.885. The minimum absolute atomic E-state index is 0.0761. The Kier molecular flexibility index (Phi) is 5.16. The van der Waals surface area contributed by atoms with Crippen LogP contribution in [0.5, 0.6) is 5.75 Å². The normalized spacial score (nSPS) is 13.5. The van der Waals surface area contributed by atoms with E-state index < -0.39 is 5.97 Å². The van der Waals surface area contributed by atoms with Crippen molar-refractivity contribution < 1.29 is 24.2 Å². The number of fused-ring (bicyclic) bond motifs is 1. The van der Waals surface area contributed by atoms with Crippen molar-refractivity contribution in [3.8, 4) is 5.75 Å². The Bertz CT molecular complexity index is 529. The number of hydrogen-bond acceptors (Lipinski definition) is 4. The standard InChI is InChI=1S/C15H19NO5/c1-2-8-20-9-6-13(17)16-7-10-21-14-11(15(18)19)4-3-5-12(14)16/h3-5H,2,6-10H2,1H3,(H,18,19). The van der Waals surface area contributed by atoms with Crippen LogP contribution in [0.1, 0.15) is 30.1 Å². The summed E-state index contributed by atoms with van der Waals surface area (Å²) in [5.41, 5.74) is 0.592. The Balaban J connectivity index is 2.13. The van der Waals surface area contributed by atoms with Gasteiger partial charge in [0.1, 0.15) is 12.2 Å². The van der Waals surface area contributed by atoms with Gasteiger partial charge in [-0.15, -0.1) is 0 Å². The fourth-order valence-electron chi connectivity index (χ4n) is 2.22. The summed E-state index contributed by atoms with van der Waals surface area (Å²) < 4.78 is 10.8. The molecule has 6 nitrogen and oxygen atoms in total. The number of ether oxygens (including phenoxy) is 2. The summed E-state index contributed by atoms with van der Waals surface area (Å²) >= 11 is 0. The minimum atomic E-state index is -1.06. The molecule has 1 aliphatic heterocycles. The number of hydrogen-bond donors (Lipinski definition) is 1. The zero-order valence-corrected chi connectivity index (χ0v) is 12.0. The SMILES string of the molecule is CCCOCCC(=O)N1CCOc2c(C(=O)O)cccc21. The van der Waals surface area contributed by atoms with Crippen LogP contribution in [0.3, 0.4) is 0 Å². The second-order valence-corrected chi connectivity index (χ2v) is 4.72. The number of carbonyl (C=O) groups is 2. The highest BCUT2D eigenvalue weighted by Crippen LogP contribution is 2.35. The average molecular weight is 293 g/mol. The van der Waals surface area contributed by atoms with Crippen LogP contribution in [0, 0.1) is 0 Å². The zero-order valence-electron chi connectivity index (χ0n) is 12.0. The van der Waals surface area contributed by atoms with Crippen LogP contribution in [0.4, 0.5) is 5.69 Å². The smallest absolute Gasteiger partial charge is 0.339 e. The van der Waals surface area contributed by atoms with Crippen LogP contribution in [0.25, 0.3) is 0 Å². The van der Waals surface area contributed by atoms with Crippen LogP contribution < -0.4 is 9.64 Å². The van der Waals surface area contributed by atoms with Crippen LogP contribution >= 0.6 is 0 Å². The van der Waals surface area contributed by atoms with Crippen molar-refractivity contribution in [1.29, 1.82) is 0 Å². The molecule has 2 rings (SSSR count). The van der Waals surface area contributed by atoms with Gasteiger partial charge in [-0.3, -0.25) is 4.79 Å². The van der Waals surface area contributed by atoms with Gasteiger partial charge in [0.15, 0.2) is 5.75 Å². The van der Waals surface area contributed by atoms with E-state index in [-0.39, 0.29) is 23.6 Å². The highest BCUT2D eigenvalue weighted by Gasteiger charge is 2.27. The van der Waals surface area contributed by atoms with Gasteiger partial charge in [0.05, 0.1) is 25.3 Å². The average Bonchev–Trinajstić information content (AvgIpc) is 2.50. The van der Waals surface area contributed by atoms with E-state index in [1.165, 1.54) is 6.07 Å². The molecule has 0 bridgehead atoms. The Morgan fingerprint density at radius 1 is 1.38 bits per heavy atom. The highest BCUT2D eigenvalue weighted by molar-refractivity contribution is 6.00. The van der Waals surface area contributed by atoms with Crippen LogP contribution in [-0.4, -0.2) is 43.3 Å². The van der Waals surface area contributed by atoms with Crippen LogP contribution in [-0.2, 0) is 9.53 Å². The summed E-state index contributed by atoms with van der Waals surface area (Å²) in [6, 6.07) is 4.79. The summed E-state index contributed by atoms with van der Waals surface area (Å²) in [7, 11) is 0. The fourth-order valence-corrected chi connectivity index (χ4v) is 2.22. The van der Waals surface area contributed by atoms with Gasteiger partial charge in [-0.1, -0.05) is 13.0 Å². The largest absolute Gasteiger partial charge is 0.489 e. The van der Waals surface area contributed by atoms with E-state index in [2.05, 4.69) is 0 Å². The van der Waals surface area contributed by atoms with Crippen molar-refractivity contribution in [3.05, 3.63) is 23.8 Å². The lowest BCUT2D eigenvalue weighted by Crippen LogP contribution is -2.38. The first-order valence-electron chi connectivity index (χ1n) is 7.02. The van der Waals surface area contributed by atoms with Gasteiger partial charge in [-0.2, -0.15) is 0 Å². The van der Waals surface area contributed by atoms with Gasteiger partial charge in [0, 0.05) is 6.61 Å². The Morgan fingerprint density at radius 3 is 2.90 bits per heavy atom. The number of aromatic carboxylic acids is 1. The quantitative estimate of drug-likeness (QED) is 0.811. The molecule has 1 aromatic rings. The topological polar surface area (TPSA) is 76.1 Å². The molecule has 0 saturated heterocycles. The second kappa shape index (κ2) is 7.08. The van der Waals surface area contributed by atoms with Gasteiger partial charge < -0.3 is 19.5 Å². The number of para-hydroxylation sites is 1. The molecule has 1 amide bonds. The van der Waals surface area contributed by atoms with Crippen molar-refractivity contribution in [2.75, 3.05) is 31.3 Å². The molecule has 21 heavy (non-hydrogen) atoms. The number of rotatable bonds is 6. The Labute approximate surface area is 123 Å². The minimum Gasteiger partial charge on any atom is -0.489 e. The molecule has 0 atom stereocenters. The number of benzene rings is 1. The third kappa shape index (κ3) is 3.52. The molecule has 6 heteroatoms. The van der Waals surface area contributed by atoms with E-state index in [1.54, 1.807) is 17.0 Å². The predicted octanol–water partition coefficient (Wildman–Crippen LogP) is 1.93. The maximum Gasteiger partial charge on any atom is 0.339 e. The summed E-state index contributed by atoms with van der Waals surface area (Å²) in [4.78, 5) is 25.0. The van der Waals surface area contributed by atoms with E-state index in [4.69, 9.17) is 14.6 Å². The van der Waals surface area contributed by atoms with E-state index >= 15 is 0 Å². The molecule has 0 unspecified atom stereocenters. The fraction of sp³-hybridized carbons (Fsp3) is 0.467. The molecule has 1 aromatic carbocycles. The second-order valence-electron chi connectivity index (χ2n) is 4.72. The molecule has 1 aliphatic rings. The van der Waals surface area contributed by atoms with Gasteiger partial charge in [0.2, 0.25) is 5.91 Å². The highest BCUT2D eigenvalue weighted by atomic mass is 16.5. The molecule has 114 valence electrons. The van der Waals surface area contributed by atoms with Crippen molar-refractivity contribution in [2.24, 2.45) is 0 Å². The Morgan fingerprint density at radius 2 is 2.19 bits per heavy atom. The molecule has 0 spiro atoms. The lowest BCUT2D eigenvalue weighted by atomic mass is 10.1. The molecule has 0 saturated carbocycles. The zero-order chi connectivity index (χ0) is 15.2. The van der Waals surface area contributed by atoms with E-state index in [1.807, 2.05) is 6.92 Å². The number of carboxylic acid groups (broad SMARTS) is 1. The van der Waals surface area contributed by atoms with Gasteiger partial charge in [-0.25, -0.2) is 4.79 Å². The first-order valence-corrected chi connectivity index (χ1v) is 7.02. The molecule has 0 fully saturated rings. The van der Waals surface area contributed by atoms with Crippen molar-refractivity contribution in [1.82, 2.24) is 0 Å². The van der Waals surface area contributed by atoms with Crippen LogP contribution in [0.15, 0.2) is 18.2 Å². The lowest BCUT2D eigenvalue weighted by Gasteiger charge is -2.30. The predicted molar refractivity (Wildman–Crippen MR) is 77.0 cm³/mol. The number of anilines is 1. The first kappa shape index (κ1) is 15.3. The lowest BCUT2D eigenvalue weighted by molar-refractivity contribution is -0.119. The number of carbonyl (C=O) groups excluding carboxylic acids is 1. The number of amides is 1.